The lowest BCUT2D eigenvalue weighted by Crippen LogP contribution is -2.22. The van der Waals surface area contributed by atoms with Gasteiger partial charge in [0.15, 0.2) is 0 Å². The second-order valence-electron chi connectivity index (χ2n) is 5.92. The average molecular weight is 282 g/mol. The number of benzene rings is 1. The Kier molecular flexibility index (Phi) is 3.93. The zero-order valence-electron chi connectivity index (χ0n) is 12.9. The Morgan fingerprint density at radius 3 is 2.71 bits per heavy atom. The van der Waals surface area contributed by atoms with Crippen molar-refractivity contribution in [1.29, 1.82) is 0 Å². The standard InChI is InChI=1S/C18H22N2O/c1-13(2)16-11-18(14(3)12-19-16)20-17(9-10-21-20)15-7-5-4-6-8-15/h4-8,11-13,17H,9-10H2,1-3H3/t17-/m1/s1. The number of aromatic nitrogens is 1. The highest BCUT2D eigenvalue weighted by molar-refractivity contribution is 5.53. The maximum Gasteiger partial charge on any atom is 0.0838 e. The van der Waals surface area contributed by atoms with E-state index in [1.165, 1.54) is 5.56 Å². The summed E-state index contributed by atoms with van der Waals surface area (Å²) in [7, 11) is 0. The van der Waals surface area contributed by atoms with Gasteiger partial charge in [-0.3, -0.25) is 9.82 Å². The summed E-state index contributed by atoms with van der Waals surface area (Å²) in [6.07, 6.45) is 2.97. The van der Waals surface area contributed by atoms with Crippen LogP contribution in [0.5, 0.6) is 0 Å². The molecule has 0 saturated carbocycles. The molecule has 1 aliphatic rings. The highest BCUT2D eigenvalue weighted by Crippen LogP contribution is 2.37. The van der Waals surface area contributed by atoms with Gasteiger partial charge in [-0.1, -0.05) is 44.2 Å². The molecular weight excluding hydrogens is 260 g/mol. The number of rotatable bonds is 3. The van der Waals surface area contributed by atoms with Crippen LogP contribution in [0.1, 0.15) is 49.0 Å². The predicted molar refractivity (Wildman–Crippen MR) is 85.3 cm³/mol. The third kappa shape index (κ3) is 2.79. The number of nitrogens with zero attached hydrogens (tertiary/aromatic N) is 2. The number of hydroxylamine groups is 1. The largest absolute Gasteiger partial charge is 0.273 e. The van der Waals surface area contributed by atoms with Crippen LogP contribution in [-0.4, -0.2) is 11.6 Å². The Balaban J connectivity index is 1.97. The van der Waals surface area contributed by atoms with Crippen LogP contribution in [-0.2, 0) is 4.84 Å². The lowest BCUT2D eigenvalue weighted by Gasteiger charge is -2.27. The molecule has 0 spiro atoms. The summed E-state index contributed by atoms with van der Waals surface area (Å²) < 4.78 is 0. The first-order chi connectivity index (χ1) is 10.2. The highest BCUT2D eigenvalue weighted by Gasteiger charge is 2.29. The molecular formula is C18H22N2O. The van der Waals surface area contributed by atoms with Crippen LogP contribution in [0, 0.1) is 6.92 Å². The average Bonchev–Trinajstić information content (AvgIpc) is 2.97. The fourth-order valence-electron chi connectivity index (χ4n) is 2.77. The number of hydrogen-bond donors (Lipinski definition) is 0. The van der Waals surface area contributed by atoms with Gasteiger partial charge in [0, 0.05) is 18.3 Å². The van der Waals surface area contributed by atoms with Crippen molar-refractivity contribution in [2.75, 3.05) is 11.7 Å². The first kappa shape index (κ1) is 14.1. The van der Waals surface area contributed by atoms with Crippen LogP contribution in [0.25, 0.3) is 0 Å². The van der Waals surface area contributed by atoms with Crippen LogP contribution < -0.4 is 5.06 Å². The molecule has 1 aromatic heterocycles. The highest BCUT2D eigenvalue weighted by atomic mass is 16.7. The zero-order valence-corrected chi connectivity index (χ0v) is 12.9. The molecule has 0 bridgehead atoms. The summed E-state index contributed by atoms with van der Waals surface area (Å²) in [5, 5.41) is 2.07. The number of aryl methyl sites for hydroxylation is 1. The third-order valence-corrected chi connectivity index (χ3v) is 4.01. The lowest BCUT2D eigenvalue weighted by molar-refractivity contribution is 0.158. The van der Waals surface area contributed by atoms with E-state index in [0.29, 0.717) is 5.92 Å². The first-order valence-corrected chi connectivity index (χ1v) is 7.60. The van der Waals surface area contributed by atoms with E-state index in [-0.39, 0.29) is 6.04 Å². The van der Waals surface area contributed by atoms with Gasteiger partial charge >= 0.3 is 0 Å². The maximum absolute atomic E-state index is 5.93. The van der Waals surface area contributed by atoms with Crippen molar-refractivity contribution < 1.29 is 4.84 Å². The molecule has 3 nitrogen and oxygen atoms in total. The Bertz CT molecular complexity index is 610. The van der Waals surface area contributed by atoms with E-state index in [2.05, 4.69) is 67.2 Å². The predicted octanol–water partition coefficient (Wildman–Crippen LogP) is 4.40. The van der Waals surface area contributed by atoms with Crippen molar-refractivity contribution in [3.05, 3.63) is 59.4 Å². The molecule has 0 amide bonds. The lowest BCUT2D eigenvalue weighted by atomic mass is 10.0. The van der Waals surface area contributed by atoms with Crippen LogP contribution in [0.2, 0.25) is 0 Å². The van der Waals surface area contributed by atoms with Crippen LogP contribution >= 0.6 is 0 Å². The Morgan fingerprint density at radius 1 is 1.24 bits per heavy atom. The van der Waals surface area contributed by atoms with Gasteiger partial charge in [-0.15, -0.1) is 0 Å². The van der Waals surface area contributed by atoms with Crippen LogP contribution in [0.4, 0.5) is 5.69 Å². The molecule has 0 N–H and O–H groups in total. The molecule has 0 aliphatic carbocycles. The quantitative estimate of drug-likeness (QED) is 0.834. The molecule has 3 rings (SSSR count). The van der Waals surface area contributed by atoms with Gasteiger partial charge in [-0.05, 0) is 30.0 Å². The Hall–Kier alpha value is -1.87. The SMILES string of the molecule is Cc1cnc(C(C)C)cc1N1OCC[C@@H]1c1ccccc1. The molecule has 1 aliphatic heterocycles. The third-order valence-electron chi connectivity index (χ3n) is 4.01. The topological polar surface area (TPSA) is 25.4 Å². The minimum absolute atomic E-state index is 0.285. The molecule has 0 radical (unpaired) electrons. The summed E-state index contributed by atoms with van der Waals surface area (Å²) in [6.45, 7) is 7.19. The van der Waals surface area contributed by atoms with Gasteiger partial charge in [0.25, 0.3) is 0 Å². The second-order valence-corrected chi connectivity index (χ2v) is 5.92. The molecule has 0 unspecified atom stereocenters. The smallest absolute Gasteiger partial charge is 0.0838 e. The normalized spacial score (nSPS) is 18.5. The summed E-state index contributed by atoms with van der Waals surface area (Å²) >= 11 is 0. The summed E-state index contributed by atoms with van der Waals surface area (Å²) in [5.41, 5.74) is 4.71. The zero-order chi connectivity index (χ0) is 14.8. The Morgan fingerprint density at radius 2 is 2.00 bits per heavy atom. The van der Waals surface area contributed by atoms with E-state index in [9.17, 15) is 0 Å². The van der Waals surface area contributed by atoms with Gasteiger partial charge in [0.05, 0.1) is 18.3 Å². The molecule has 110 valence electrons. The van der Waals surface area contributed by atoms with Gasteiger partial charge < -0.3 is 0 Å². The van der Waals surface area contributed by atoms with E-state index in [0.717, 1.165) is 30.0 Å². The van der Waals surface area contributed by atoms with Crippen molar-refractivity contribution in [3.63, 3.8) is 0 Å². The molecule has 3 heteroatoms. The number of hydrogen-bond acceptors (Lipinski definition) is 3. The molecule has 1 aromatic carbocycles. The minimum atomic E-state index is 0.285. The van der Waals surface area contributed by atoms with E-state index in [1.807, 2.05) is 6.20 Å². The summed E-state index contributed by atoms with van der Waals surface area (Å²) in [4.78, 5) is 10.5. The van der Waals surface area contributed by atoms with E-state index in [4.69, 9.17) is 4.84 Å². The van der Waals surface area contributed by atoms with E-state index < -0.39 is 0 Å². The Labute approximate surface area is 126 Å². The number of pyridine rings is 1. The molecule has 21 heavy (non-hydrogen) atoms. The minimum Gasteiger partial charge on any atom is -0.273 e. The fourth-order valence-corrected chi connectivity index (χ4v) is 2.77. The maximum atomic E-state index is 5.93. The van der Waals surface area contributed by atoms with Gasteiger partial charge in [0.1, 0.15) is 0 Å². The van der Waals surface area contributed by atoms with Crippen molar-refractivity contribution in [2.45, 2.75) is 39.2 Å². The molecule has 1 fully saturated rings. The first-order valence-electron chi connectivity index (χ1n) is 7.60. The molecule has 1 atom stereocenters. The van der Waals surface area contributed by atoms with Gasteiger partial charge in [0.2, 0.25) is 0 Å². The molecule has 2 aromatic rings. The van der Waals surface area contributed by atoms with Crippen LogP contribution in [0.15, 0.2) is 42.6 Å². The summed E-state index contributed by atoms with van der Waals surface area (Å²) in [5.74, 6) is 0.419. The van der Waals surface area contributed by atoms with E-state index in [1.54, 1.807) is 0 Å². The monoisotopic (exact) mass is 282 g/mol. The number of anilines is 1. The van der Waals surface area contributed by atoms with Gasteiger partial charge in [-0.25, -0.2) is 5.06 Å². The van der Waals surface area contributed by atoms with E-state index >= 15 is 0 Å². The fraction of sp³-hybridized carbons (Fsp3) is 0.389. The molecule has 1 saturated heterocycles. The van der Waals surface area contributed by atoms with Crippen molar-refractivity contribution in [1.82, 2.24) is 4.98 Å². The summed E-state index contributed by atoms with van der Waals surface area (Å²) in [6, 6.07) is 13.0. The van der Waals surface area contributed by atoms with Crippen molar-refractivity contribution >= 4 is 5.69 Å². The molecule has 2 heterocycles. The van der Waals surface area contributed by atoms with Gasteiger partial charge in [-0.2, -0.15) is 0 Å². The van der Waals surface area contributed by atoms with Crippen LogP contribution in [0.3, 0.4) is 0 Å². The van der Waals surface area contributed by atoms with Crippen molar-refractivity contribution in [3.8, 4) is 0 Å². The van der Waals surface area contributed by atoms with Crippen molar-refractivity contribution in [2.24, 2.45) is 0 Å². The second kappa shape index (κ2) is 5.86.